The van der Waals surface area contributed by atoms with Gasteiger partial charge in [0.15, 0.2) is 0 Å². The molecule has 0 unspecified atom stereocenters. The highest BCUT2D eigenvalue weighted by Gasteiger charge is 2.06. The molecule has 2 rings (SSSR count). The van der Waals surface area contributed by atoms with E-state index in [1.54, 1.807) is 48.8 Å². The van der Waals surface area contributed by atoms with Crippen LogP contribution in [0.3, 0.4) is 0 Å². The largest absolute Gasteiger partial charge is 0.324 e. The van der Waals surface area contributed by atoms with Gasteiger partial charge in [-0.05, 0) is 30.3 Å². The summed E-state index contributed by atoms with van der Waals surface area (Å²) < 4.78 is 0. The van der Waals surface area contributed by atoms with Crippen LogP contribution in [-0.4, -0.2) is 16.0 Å². The monoisotopic (exact) mass is 291 g/mol. The lowest BCUT2D eigenvalue weighted by molar-refractivity contribution is 0.256. The average Bonchev–Trinajstić information content (AvgIpc) is 2.39. The van der Waals surface area contributed by atoms with Crippen molar-refractivity contribution in [1.29, 1.82) is 0 Å². The molecule has 0 spiro atoms. The lowest BCUT2D eigenvalue weighted by Crippen LogP contribution is -2.33. The fourth-order valence-corrected chi connectivity index (χ4v) is 1.80. The van der Waals surface area contributed by atoms with Crippen molar-refractivity contribution in [1.82, 2.24) is 10.3 Å². The molecule has 0 saturated heterocycles. The number of hydrogen-bond donors (Lipinski definition) is 2. The molecule has 0 atom stereocenters. The lowest BCUT2D eigenvalue weighted by atomic mass is 10.3. The Morgan fingerprint density at radius 1 is 1.26 bits per heavy atom. The van der Waals surface area contributed by atoms with Crippen molar-refractivity contribution >= 4 is 40.5 Å². The molecular weight excluding hydrogens is 282 g/mol. The molecule has 6 heteroatoms. The Balaban J connectivity index is 1.97. The average molecular weight is 292 g/mol. The second-order valence-corrected chi connectivity index (χ2v) is 4.50. The lowest BCUT2D eigenvalue weighted by Gasteiger charge is -2.08. The van der Waals surface area contributed by atoms with Gasteiger partial charge in [-0.2, -0.15) is 0 Å². The zero-order valence-corrected chi connectivity index (χ0v) is 11.3. The number of halogens is 1. The van der Waals surface area contributed by atoms with Crippen LogP contribution < -0.4 is 10.6 Å². The molecule has 2 aromatic rings. The van der Waals surface area contributed by atoms with Crippen LogP contribution >= 0.6 is 23.8 Å². The Kier molecular flexibility index (Phi) is 4.43. The molecule has 0 radical (unpaired) electrons. The summed E-state index contributed by atoms with van der Waals surface area (Å²) in [5.74, 6) is 0. The number of urea groups is 1. The SMILES string of the molecule is O=C(NC(=S)c1cccnc1)Nc1cccc(Cl)c1. The Hall–Kier alpha value is -1.98. The summed E-state index contributed by atoms with van der Waals surface area (Å²) in [7, 11) is 0. The molecule has 0 bridgehead atoms. The molecule has 0 fully saturated rings. The minimum atomic E-state index is -0.420. The molecule has 2 N–H and O–H groups in total. The molecule has 4 nitrogen and oxygen atoms in total. The molecule has 0 aliphatic rings. The minimum Gasteiger partial charge on any atom is -0.308 e. The van der Waals surface area contributed by atoms with Crippen LogP contribution in [0.1, 0.15) is 5.56 Å². The normalized spacial score (nSPS) is 9.74. The number of anilines is 1. The van der Waals surface area contributed by atoms with Crippen molar-refractivity contribution in [3.05, 3.63) is 59.4 Å². The number of aromatic nitrogens is 1. The molecule has 19 heavy (non-hydrogen) atoms. The van der Waals surface area contributed by atoms with Gasteiger partial charge in [-0.25, -0.2) is 4.79 Å². The van der Waals surface area contributed by atoms with E-state index in [1.165, 1.54) is 0 Å². The molecule has 0 saturated carbocycles. The van der Waals surface area contributed by atoms with E-state index >= 15 is 0 Å². The number of nitrogens with one attached hydrogen (secondary N) is 2. The first-order chi connectivity index (χ1) is 9.15. The van der Waals surface area contributed by atoms with Gasteiger partial charge in [-0.3, -0.25) is 10.3 Å². The molecule has 0 aliphatic heterocycles. The number of thiocarbonyl (C=S) groups is 1. The summed E-state index contributed by atoms with van der Waals surface area (Å²) in [6.45, 7) is 0. The van der Waals surface area contributed by atoms with Gasteiger partial charge >= 0.3 is 6.03 Å². The van der Waals surface area contributed by atoms with Crippen LogP contribution in [0.25, 0.3) is 0 Å². The number of carbonyl (C=O) groups is 1. The van der Waals surface area contributed by atoms with Gasteiger partial charge in [0.2, 0.25) is 0 Å². The third-order valence-electron chi connectivity index (χ3n) is 2.23. The van der Waals surface area contributed by atoms with Crippen molar-refractivity contribution in [2.45, 2.75) is 0 Å². The third kappa shape index (κ3) is 4.01. The third-order valence-corrected chi connectivity index (χ3v) is 2.81. The number of hydrogen-bond acceptors (Lipinski definition) is 3. The fourth-order valence-electron chi connectivity index (χ4n) is 1.40. The van der Waals surface area contributed by atoms with Crippen LogP contribution in [0, 0.1) is 0 Å². The maximum absolute atomic E-state index is 11.7. The van der Waals surface area contributed by atoms with E-state index < -0.39 is 6.03 Å². The summed E-state index contributed by atoms with van der Waals surface area (Å²) >= 11 is 10.9. The highest BCUT2D eigenvalue weighted by molar-refractivity contribution is 7.80. The van der Waals surface area contributed by atoms with Crippen molar-refractivity contribution < 1.29 is 4.79 Å². The quantitative estimate of drug-likeness (QED) is 0.835. The number of amides is 2. The van der Waals surface area contributed by atoms with Crippen LogP contribution in [0.5, 0.6) is 0 Å². The van der Waals surface area contributed by atoms with E-state index in [1.807, 2.05) is 0 Å². The minimum absolute atomic E-state index is 0.313. The maximum atomic E-state index is 11.7. The molecule has 1 heterocycles. The Morgan fingerprint density at radius 3 is 2.79 bits per heavy atom. The first-order valence-corrected chi connectivity index (χ1v) is 6.22. The second-order valence-electron chi connectivity index (χ2n) is 3.66. The Bertz CT molecular complexity index is 604. The summed E-state index contributed by atoms with van der Waals surface area (Å²) in [5.41, 5.74) is 1.28. The predicted molar refractivity (Wildman–Crippen MR) is 79.5 cm³/mol. The van der Waals surface area contributed by atoms with Gasteiger partial charge in [0.25, 0.3) is 0 Å². The fraction of sp³-hybridized carbons (Fsp3) is 0. The highest BCUT2D eigenvalue weighted by Crippen LogP contribution is 2.14. The standard InChI is InChI=1S/C13H10ClN3OS/c14-10-4-1-5-11(7-10)16-13(18)17-12(19)9-3-2-6-15-8-9/h1-8H,(H2,16,17,18,19). The van der Waals surface area contributed by atoms with Crippen molar-refractivity contribution in [2.75, 3.05) is 5.32 Å². The maximum Gasteiger partial charge on any atom is 0.324 e. The number of nitrogens with zero attached hydrogens (tertiary/aromatic N) is 1. The van der Waals surface area contributed by atoms with E-state index in [0.29, 0.717) is 21.3 Å². The van der Waals surface area contributed by atoms with E-state index in [-0.39, 0.29) is 0 Å². The van der Waals surface area contributed by atoms with Crippen molar-refractivity contribution in [3.8, 4) is 0 Å². The number of rotatable bonds is 2. The summed E-state index contributed by atoms with van der Waals surface area (Å²) in [6, 6.07) is 9.96. The van der Waals surface area contributed by atoms with Gasteiger partial charge in [0.05, 0.1) is 0 Å². The Morgan fingerprint density at radius 2 is 2.11 bits per heavy atom. The number of carbonyl (C=O) groups excluding carboxylic acids is 1. The van der Waals surface area contributed by atoms with Gasteiger partial charge in [-0.1, -0.05) is 29.9 Å². The van der Waals surface area contributed by atoms with Crippen molar-refractivity contribution in [3.63, 3.8) is 0 Å². The predicted octanol–water partition coefficient (Wildman–Crippen LogP) is 3.23. The van der Waals surface area contributed by atoms with Crippen LogP contribution in [0.2, 0.25) is 5.02 Å². The van der Waals surface area contributed by atoms with Crippen LogP contribution in [-0.2, 0) is 0 Å². The van der Waals surface area contributed by atoms with Crippen molar-refractivity contribution in [2.24, 2.45) is 0 Å². The van der Waals surface area contributed by atoms with Gasteiger partial charge < -0.3 is 5.32 Å². The molecule has 0 aliphatic carbocycles. The van der Waals surface area contributed by atoms with E-state index in [4.69, 9.17) is 23.8 Å². The molecule has 1 aromatic heterocycles. The molecular formula is C13H10ClN3OS. The summed E-state index contributed by atoms with van der Waals surface area (Å²) in [6.07, 6.45) is 3.22. The number of benzene rings is 1. The Labute approximate surface area is 120 Å². The molecule has 96 valence electrons. The summed E-state index contributed by atoms with van der Waals surface area (Å²) in [5, 5.41) is 5.75. The number of pyridine rings is 1. The summed E-state index contributed by atoms with van der Waals surface area (Å²) in [4.78, 5) is 16.0. The van der Waals surface area contributed by atoms with E-state index in [0.717, 1.165) is 0 Å². The smallest absolute Gasteiger partial charge is 0.308 e. The first-order valence-electron chi connectivity index (χ1n) is 5.43. The first kappa shape index (κ1) is 13.5. The zero-order valence-electron chi connectivity index (χ0n) is 9.76. The van der Waals surface area contributed by atoms with Gasteiger partial charge in [-0.15, -0.1) is 0 Å². The van der Waals surface area contributed by atoms with E-state index in [2.05, 4.69) is 15.6 Å². The van der Waals surface area contributed by atoms with Crippen LogP contribution in [0.4, 0.5) is 10.5 Å². The van der Waals surface area contributed by atoms with Gasteiger partial charge in [0, 0.05) is 28.7 Å². The topological polar surface area (TPSA) is 54.0 Å². The highest BCUT2D eigenvalue weighted by atomic mass is 35.5. The zero-order chi connectivity index (χ0) is 13.7. The van der Waals surface area contributed by atoms with E-state index in [9.17, 15) is 4.79 Å². The van der Waals surface area contributed by atoms with Gasteiger partial charge in [0.1, 0.15) is 4.99 Å². The molecule has 1 aromatic carbocycles. The van der Waals surface area contributed by atoms with Crippen LogP contribution in [0.15, 0.2) is 48.8 Å². The second kappa shape index (κ2) is 6.26. The molecule has 2 amide bonds.